The number of carbonyl (C=O) groups is 1. The van der Waals surface area contributed by atoms with E-state index in [1.54, 1.807) is 12.1 Å². The van der Waals surface area contributed by atoms with Crippen molar-refractivity contribution in [2.45, 2.75) is 65.5 Å². The van der Waals surface area contributed by atoms with Gasteiger partial charge in [-0.05, 0) is 36.5 Å². The summed E-state index contributed by atoms with van der Waals surface area (Å²) < 4.78 is 19.2. The van der Waals surface area contributed by atoms with Crippen molar-refractivity contribution in [1.82, 2.24) is 4.90 Å². The van der Waals surface area contributed by atoms with Crippen LogP contribution in [-0.4, -0.2) is 23.6 Å². The fourth-order valence-corrected chi connectivity index (χ4v) is 3.17. The van der Waals surface area contributed by atoms with Crippen molar-refractivity contribution in [2.24, 2.45) is 5.41 Å². The number of rotatable bonds is 4. The van der Waals surface area contributed by atoms with Crippen molar-refractivity contribution < 1.29 is 13.9 Å². The Morgan fingerprint density at radius 3 is 2.39 bits per heavy atom. The molecule has 0 spiro atoms. The van der Waals surface area contributed by atoms with Crippen molar-refractivity contribution >= 4 is 6.09 Å². The molecular weight excluding hydrogens is 293 g/mol. The number of carbonyl (C=O) groups excluding carboxylic acids is 1. The van der Waals surface area contributed by atoms with Crippen molar-refractivity contribution in [3.63, 3.8) is 0 Å². The maximum atomic E-state index is 13.2. The molecule has 2 rings (SSSR count). The van der Waals surface area contributed by atoms with E-state index >= 15 is 0 Å². The van der Waals surface area contributed by atoms with Gasteiger partial charge in [-0.3, -0.25) is 0 Å². The summed E-state index contributed by atoms with van der Waals surface area (Å²) in [5, 5.41) is 0. The van der Waals surface area contributed by atoms with Gasteiger partial charge in [0.2, 0.25) is 0 Å². The van der Waals surface area contributed by atoms with E-state index in [0.29, 0.717) is 6.54 Å². The van der Waals surface area contributed by atoms with E-state index in [1.807, 2.05) is 4.90 Å². The Balaban J connectivity index is 2.25. The molecule has 23 heavy (non-hydrogen) atoms. The smallest absolute Gasteiger partial charge is 0.410 e. The minimum absolute atomic E-state index is 0.000345. The Morgan fingerprint density at radius 2 is 1.91 bits per heavy atom. The maximum Gasteiger partial charge on any atom is 0.410 e. The van der Waals surface area contributed by atoms with Crippen LogP contribution in [0.2, 0.25) is 0 Å². The molecule has 0 aromatic heterocycles. The summed E-state index contributed by atoms with van der Waals surface area (Å²) in [4.78, 5) is 14.5. The van der Waals surface area contributed by atoms with Gasteiger partial charge in [-0.15, -0.1) is 0 Å². The van der Waals surface area contributed by atoms with Crippen LogP contribution in [0.5, 0.6) is 0 Å². The average Bonchev–Trinajstić information content (AvgIpc) is 2.46. The van der Waals surface area contributed by atoms with E-state index in [2.05, 4.69) is 34.6 Å². The van der Waals surface area contributed by atoms with Crippen molar-refractivity contribution in [3.05, 3.63) is 35.6 Å². The van der Waals surface area contributed by atoms with Crippen LogP contribution in [0.1, 0.15) is 59.4 Å². The fourth-order valence-electron chi connectivity index (χ4n) is 3.17. The molecule has 4 heteroatoms. The molecule has 1 saturated heterocycles. The summed E-state index contributed by atoms with van der Waals surface area (Å²) in [6, 6.07) is 6.44. The zero-order valence-electron chi connectivity index (χ0n) is 14.9. The molecule has 2 atom stereocenters. The first-order valence-corrected chi connectivity index (χ1v) is 8.45. The molecule has 1 aliphatic rings. The number of halogens is 1. The molecule has 128 valence electrons. The minimum Gasteiger partial charge on any atom is -0.438 e. The summed E-state index contributed by atoms with van der Waals surface area (Å²) in [6.07, 6.45) is 2.12. The molecule has 0 radical (unpaired) electrons. The Kier molecular flexibility index (Phi) is 5.02. The number of amides is 1. The SMILES string of the molecule is CCC[C@]1(c2ccc(F)cc2)CCN([C@@H](C)C(C)(C)C)C(=O)O1. The summed E-state index contributed by atoms with van der Waals surface area (Å²) in [5.41, 5.74) is 0.255. The van der Waals surface area contributed by atoms with E-state index in [-0.39, 0.29) is 23.4 Å². The highest BCUT2D eigenvalue weighted by molar-refractivity contribution is 5.70. The van der Waals surface area contributed by atoms with Crippen molar-refractivity contribution in [2.75, 3.05) is 6.54 Å². The highest BCUT2D eigenvalue weighted by Crippen LogP contribution is 2.40. The van der Waals surface area contributed by atoms with Gasteiger partial charge >= 0.3 is 6.09 Å². The quantitative estimate of drug-likeness (QED) is 0.772. The van der Waals surface area contributed by atoms with Gasteiger partial charge in [0.25, 0.3) is 0 Å². The molecule has 0 unspecified atom stereocenters. The molecule has 0 N–H and O–H groups in total. The van der Waals surface area contributed by atoms with Gasteiger partial charge in [-0.2, -0.15) is 0 Å². The molecule has 0 saturated carbocycles. The maximum absolute atomic E-state index is 13.2. The summed E-state index contributed by atoms with van der Waals surface area (Å²) in [7, 11) is 0. The third-order valence-electron chi connectivity index (χ3n) is 5.02. The predicted molar refractivity (Wildman–Crippen MR) is 89.7 cm³/mol. The molecule has 3 nitrogen and oxygen atoms in total. The minimum atomic E-state index is -0.631. The van der Waals surface area contributed by atoms with Crippen LogP contribution >= 0.6 is 0 Å². The molecule has 1 aromatic carbocycles. The van der Waals surface area contributed by atoms with Gasteiger partial charge in [-0.1, -0.05) is 46.2 Å². The second-order valence-corrected chi connectivity index (χ2v) is 7.60. The Bertz CT molecular complexity index is 549. The summed E-state index contributed by atoms with van der Waals surface area (Å²) in [6.45, 7) is 11.2. The molecule has 1 amide bonds. The van der Waals surface area contributed by atoms with Crippen LogP contribution in [0, 0.1) is 11.2 Å². The lowest BCUT2D eigenvalue weighted by atomic mass is 9.83. The largest absolute Gasteiger partial charge is 0.438 e. The Morgan fingerprint density at radius 1 is 1.30 bits per heavy atom. The summed E-state index contributed by atoms with van der Waals surface area (Å²) in [5.74, 6) is -0.273. The predicted octanol–water partition coefficient (Wildman–Crippen LogP) is 5.10. The monoisotopic (exact) mass is 321 g/mol. The van der Waals surface area contributed by atoms with Crippen LogP contribution in [0.3, 0.4) is 0 Å². The van der Waals surface area contributed by atoms with Crippen molar-refractivity contribution in [1.29, 1.82) is 0 Å². The zero-order valence-corrected chi connectivity index (χ0v) is 14.9. The van der Waals surface area contributed by atoms with E-state index in [4.69, 9.17) is 4.74 Å². The molecule has 0 bridgehead atoms. The highest BCUT2D eigenvalue weighted by atomic mass is 19.1. The van der Waals surface area contributed by atoms with Gasteiger partial charge < -0.3 is 9.64 Å². The first-order chi connectivity index (χ1) is 10.7. The third-order valence-corrected chi connectivity index (χ3v) is 5.02. The van der Waals surface area contributed by atoms with Crippen LogP contribution < -0.4 is 0 Å². The van der Waals surface area contributed by atoms with E-state index in [9.17, 15) is 9.18 Å². The second kappa shape index (κ2) is 6.50. The molecular formula is C19H28FNO2. The lowest BCUT2D eigenvalue weighted by molar-refractivity contribution is -0.0741. The van der Waals surface area contributed by atoms with Crippen LogP contribution in [0.25, 0.3) is 0 Å². The zero-order chi connectivity index (χ0) is 17.3. The van der Waals surface area contributed by atoms with Crippen LogP contribution in [0.4, 0.5) is 9.18 Å². The molecule has 0 aliphatic carbocycles. The number of nitrogens with zero attached hydrogens (tertiary/aromatic N) is 1. The lowest BCUT2D eigenvalue weighted by Gasteiger charge is -2.46. The third kappa shape index (κ3) is 3.67. The standard InChI is InChI=1S/C19H28FNO2/c1-6-11-19(15-7-9-16(20)10-8-15)12-13-21(17(22)23-19)14(2)18(3,4)5/h7-10,14H,6,11-13H2,1-5H3/t14-,19+/m0/s1. The van der Waals surface area contributed by atoms with Gasteiger partial charge in [0, 0.05) is 19.0 Å². The van der Waals surface area contributed by atoms with Gasteiger partial charge in [0.05, 0.1) is 0 Å². The molecule has 1 heterocycles. The average molecular weight is 321 g/mol. The first kappa shape index (κ1) is 17.8. The van der Waals surface area contributed by atoms with Gasteiger partial charge in [0.1, 0.15) is 11.4 Å². The van der Waals surface area contributed by atoms with E-state index in [0.717, 1.165) is 24.8 Å². The Hall–Kier alpha value is -1.58. The fraction of sp³-hybridized carbons (Fsp3) is 0.632. The van der Waals surface area contributed by atoms with E-state index in [1.165, 1.54) is 12.1 Å². The number of hydrogen-bond donors (Lipinski definition) is 0. The Labute approximate surface area is 138 Å². The molecule has 1 aliphatic heterocycles. The van der Waals surface area contributed by atoms with E-state index < -0.39 is 5.60 Å². The lowest BCUT2D eigenvalue weighted by Crippen LogP contribution is -2.54. The second-order valence-electron chi connectivity index (χ2n) is 7.60. The normalized spacial score (nSPS) is 23.6. The van der Waals surface area contributed by atoms with Gasteiger partial charge in [-0.25, -0.2) is 9.18 Å². The number of hydrogen-bond acceptors (Lipinski definition) is 2. The van der Waals surface area contributed by atoms with Crippen LogP contribution in [-0.2, 0) is 10.3 Å². The first-order valence-electron chi connectivity index (χ1n) is 8.45. The number of benzene rings is 1. The van der Waals surface area contributed by atoms with Crippen molar-refractivity contribution in [3.8, 4) is 0 Å². The topological polar surface area (TPSA) is 29.5 Å². The molecule has 1 fully saturated rings. The summed E-state index contributed by atoms with van der Waals surface area (Å²) >= 11 is 0. The van der Waals surface area contributed by atoms with Crippen LogP contribution in [0.15, 0.2) is 24.3 Å². The number of ether oxygens (including phenoxy) is 1. The number of cyclic esters (lactones) is 1. The highest BCUT2D eigenvalue weighted by Gasteiger charge is 2.44. The molecule has 1 aromatic rings. The van der Waals surface area contributed by atoms with Gasteiger partial charge in [0.15, 0.2) is 0 Å².